The van der Waals surface area contributed by atoms with Crippen LogP contribution >= 0.6 is 0 Å². The molecule has 0 spiro atoms. The third kappa shape index (κ3) is 3.19. The summed E-state index contributed by atoms with van der Waals surface area (Å²) < 4.78 is 5.47. The highest BCUT2D eigenvalue weighted by atomic mass is 16.5. The quantitative estimate of drug-likeness (QED) is 0.515. The highest BCUT2D eigenvalue weighted by Gasteiger charge is 2.00. The van der Waals surface area contributed by atoms with E-state index in [9.17, 15) is 0 Å². The zero-order chi connectivity index (χ0) is 8.10. The summed E-state index contributed by atoms with van der Waals surface area (Å²) in [7, 11) is 0. The molecule has 0 aromatic rings. The molecule has 1 aliphatic rings. The summed E-state index contributed by atoms with van der Waals surface area (Å²) in [6.45, 7) is 6.57. The molecule has 1 unspecified atom stereocenters. The van der Waals surface area contributed by atoms with Crippen molar-refractivity contribution in [3.8, 4) is 0 Å². The van der Waals surface area contributed by atoms with Crippen LogP contribution in [0.25, 0.3) is 0 Å². The topological polar surface area (TPSA) is 9.23 Å². The van der Waals surface area contributed by atoms with Crippen molar-refractivity contribution in [2.24, 2.45) is 0 Å². The van der Waals surface area contributed by atoms with Crippen LogP contribution in [0.3, 0.4) is 0 Å². The molecule has 0 aliphatic carbocycles. The van der Waals surface area contributed by atoms with E-state index in [-0.39, 0.29) is 0 Å². The van der Waals surface area contributed by atoms with E-state index in [0.29, 0.717) is 12.7 Å². The van der Waals surface area contributed by atoms with Gasteiger partial charge in [0, 0.05) is 0 Å². The van der Waals surface area contributed by atoms with Gasteiger partial charge in [0.15, 0.2) is 0 Å². The molecule has 0 N–H and O–H groups in total. The molecule has 0 fully saturated rings. The van der Waals surface area contributed by atoms with Gasteiger partial charge in [-0.2, -0.15) is 0 Å². The predicted octanol–water partition coefficient (Wildman–Crippen LogP) is 2.46. The zero-order valence-corrected chi connectivity index (χ0v) is 6.92. The van der Waals surface area contributed by atoms with E-state index in [2.05, 4.69) is 19.6 Å². The maximum Gasteiger partial charge on any atom is 0.0714 e. The molecule has 1 heterocycles. The summed E-state index contributed by atoms with van der Waals surface area (Å²) >= 11 is 0. The van der Waals surface area contributed by atoms with Gasteiger partial charge in [-0.25, -0.2) is 0 Å². The highest BCUT2D eigenvalue weighted by Crippen LogP contribution is 2.05. The summed E-state index contributed by atoms with van der Waals surface area (Å²) in [5, 5.41) is 0. The molecule has 60 valence electrons. The summed E-state index contributed by atoms with van der Waals surface area (Å²) in [5.74, 6) is 0. The van der Waals surface area contributed by atoms with E-state index in [0.717, 1.165) is 12.0 Å². The lowest BCUT2D eigenvalue weighted by Crippen LogP contribution is -2.07. The molecule has 1 heteroatoms. The van der Waals surface area contributed by atoms with Crippen molar-refractivity contribution < 1.29 is 4.74 Å². The first kappa shape index (κ1) is 8.28. The Bertz CT molecular complexity index is 189. The van der Waals surface area contributed by atoms with Crippen LogP contribution in [0, 0.1) is 0 Å². The van der Waals surface area contributed by atoms with Gasteiger partial charge in [-0.05, 0) is 18.9 Å². The summed E-state index contributed by atoms with van der Waals surface area (Å²) in [6.07, 6.45) is 9.43. The van der Waals surface area contributed by atoms with Gasteiger partial charge < -0.3 is 4.74 Å². The first-order chi connectivity index (χ1) is 5.29. The van der Waals surface area contributed by atoms with Gasteiger partial charge in [0.25, 0.3) is 0 Å². The van der Waals surface area contributed by atoms with Crippen molar-refractivity contribution in [1.82, 2.24) is 0 Å². The normalized spacial score (nSPS) is 31.7. The fourth-order valence-electron chi connectivity index (χ4n) is 0.906. The molecule has 1 aliphatic heterocycles. The Labute approximate surface area is 68.1 Å². The summed E-state index contributed by atoms with van der Waals surface area (Å²) in [4.78, 5) is 0. The lowest BCUT2D eigenvalue weighted by molar-refractivity contribution is 0.0876. The number of hydrogen-bond acceptors (Lipinski definition) is 1. The molecule has 0 amide bonds. The average molecular weight is 150 g/mol. The lowest BCUT2D eigenvalue weighted by atomic mass is 10.2. The molecular formula is C10H14O. The third-order valence-corrected chi connectivity index (χ3v) is 1.60. The molecule has 0 saturated carbocycles. The van der Waals surface area contributed by atoms with E-state index < -0.39 is 0 Å². The minimum atomic E-state index is 0.308. The van der Waals surface area contributed by atoms with Gasteiger partial charge >= 0.3 is 0 Å². The molecule has 0 aromatic carbocycles. The molecule has 0 saturated heterocycles. The van der Waals surface area contributed by atoms with Gasteiger partial charge in [-0.3, -0.25) is 0 Å². The molecule has 1 atom stereocenters. The SMILES string of the molecule is C=C1/C=C\C=C/CC(C)OC1. The highest BCUT2D eigenvalue weighted by molar-refractivity contribution is 5.20. The second kappa shape index (κ2) is 4.14. The predicted molar refractivity (Wildman–Crippen MR) is 47.5 cm³/mol. The minimum Gasteiger partial charge on any atom is -0.374 e. The number of rotatable bonds is 0. The maximum atomic E-state index is 5.47. The molecule has 0 aromatic heterocycles. The van der Waals surface area contributed by atoms with Crippen LogP contribution in [0.4, 0.5) is 0 Å². The Hall–Kier alpha value is -0.820. The Morgan fingerprint density at radius 2 is 2.36 bits per heavy atom. The Balaban J connectivity index is 2.54. The van der Waals surface area contributed by atoms with Crippen LogP contribution in [0.15, 0.2) is 36.5 Å². The number of ether oxygens (including phenoxy) is 1. The van der Waals surface area contributed by atoms with Gasteiger partial charge in [0.2, 0.25) is 0 Å². The smallest absolute Gasteiger partial charge is 0.0714 e. The second-order valence-corrected chi connectivity index (χ2v) is 2.80. The second-order valence-electron chi connectivity index (χ2n) is 2.80. The molecule has 11 heavy (non-hydrogen) atoms. The van der Waals surface area contributed by atoms with Gasteiger partial charge in [-0.1, -0.05) is 30.9 Å². The fraction of sp³-hybridized carbons (Fsp3) is 0.400. The van der Waals surface area contributed by atoms with Gasteiger partial charge in [0.05, 0.1) is 12.7 Å². The van der Waals surface area contributed by atoms with Crippen LogP contribution in [0.2, 0.25) is 0 Å². The Morgan fingerprint density at radius 3 is 3.18 bits per heavy atom. The first-order valence-corrected chi connectivity index (χ1v) is 3.91. The van der Waals surface area contributed by atoms with E-state index in [1.165, 1.54) is 0 Å². The molecule has 1 nitrogen and oxygen atoms in total. The number of hydrogen-bond donors (Lipinski definition) is 0. The molecule has 1 rings (SSSR count). The maximum absolute atomic E-state index is 5.47. The number of allylic oxidation sites excluding steroid dienone is 2. The summed E-state index contributed by atoms with van der Waals surface area (Å²) in [5.41, 5.74) is 1.03. The molecule has 0 bridgehead atoms. The minimum absolute atomic E-state index is 0.308. The van der Waals surface area contributed by atoms with E-state index >= 15 is 0 Å². The van der Waals surface area contributed by atoms with Crippen molar-refractivity contribution in [3.05, 3.63) is 36.5 Å². The van der Waals surface area contributed by atoms with Crippen molar-refractivity contribution in [2.75, 3.05) is 6.61 Å². The fourth-order valence-corrected chi connectivity index (χ4v) is 0.906. The average Bonchev–Trinajstić information content (AvgIpc) is 2.06. The molecule has 0 radical (unpaired) electrons. The van der Waals surface area contributed by atoms with Crippen LogP contribution in [-0.2, 0) is 4.74 Å². The van der Waals surface area contributed by atoms with E-state index in [4.69, 9.17) is 4.74 Å². The third-order valence-electron chi connectivity index (χ3n) is 1.60. The standard InChI is InChI=1S/C10H14O/c1-9-6-4-3-5-7-10(2)11-8-9/h3-6,10H,1,7-8H2,2H3/b5-3-,6-4-. The van der Waals surface area contributed by atoms with Crippen LogP contribution in [-0.4, -0.2) is 12.7 Å². The van der Waals surface area contributed by atoms with Crippen LogP contribution in [0.5, 0.6) is 0 Å². The van der Waals surface area contributed by atoms with Crippen LogP contribution in [0.1, 0.15) is 13.3 Å². The van der Waals surface area contributed by atoms with Crippen molar-refractivity contribution >= 4 is 0 Å². The summed E-state index contributed by atoms with van der Waals surface area (Å²) in [6, 6.07) is 0. The Morgan fingerprint density at radius 1 is 1.55 bits per heavy atom. The van der Waals surface area contributed by atoms with Gasteiger partial charge in [0.1, 0.15) is 0 Å². The first-order valence-electron chi connectivity index (χ1n) is 3.91. The van der Waals surface area contributed by atoms with E-state index in [1.54, 1.807) is 0 Å². The molecular weight excluding hydrogens is 136 g/mol. The lowest BCUT2D eigenvalue weighted by Gasteiger charge is -2.09. The zero-order valence-electron chi connectivity index (χ0n) is 6.92. The van der Waals surface area contributed by atoms with Crippen molar-refractivity contribution in [1.29, 1.82) is 0 Å². The largest absolute Gasteiger partial charge is 0.374 e. The monoisotopic (exact) mass is 150 g/mol. The van der Waals surface area contributed by atoms with Crippen molar-refractivity contribution in [3.63, 3.8) is 0 Å². The van der Waals surface area contributed by atoms with Gasteiger partial charge in [-0.15, -0.1) is 0 Å². The van der Waals surface area contributed by atoms with Crippen molar-refractivity contribution in [2.45, 2.75) is 19.4 Å². The van der Waals surface area contributed by atoms with Crippen LogP contribution < -0.4 is 0 Å². The Kier molecular flexibility index (Phi) is 3.12. The van der Waals surface area contributed by atoms with E-state index in [1.807, 2.05) is 18.2 Å².